The molecular formula is C22H23ClN4O2S. The van der Waals surface area contributed by atoms with Crippen molar-refractivity contribution in [3.05, 3.63) is 70.8 Å². The molecule has 8 heteroatoms. The molecule has 3 rings (SSSR count). The highest BCUT2D eigenvalue weighted by Crippen LogP contribution is 2.16. The zero-order chi connectivity index (χ0) is 21.5. The van der Waals surface area contributed by atoms with E-state index in [1.165, 1.54) is 6.08 Å². The number of likely N-dealkylation sites (N-methyl/N-ethyl adjacent to an activating group) is 1. The predicted molar refractivity (Wildman–Crippen MR) is 125 cm³/mol. The van der Waals surface area contributed by atoms with Crippen molar-refractivity contribution in [2.75, 3.05) is 38.5 Å². The molecule has 6 nitrogen and oxygen atoms in total. The van der Waals surface area contributed by atoms with E-state index in [-0.39, 0.29) is 16.9 Å². The Morgan fingerprint density at radius 2 is 1.80 bits per heavy atom. The summed E-state index contributed by atoms with van der Waals surface area (Å²) < 4.78 is 0. The lowest BCUT2D eigenvalue weighted by Crippen LogP contribution is -2.47. The Balaban J connectivity index is 1.56. The molecule has 2 aromatic rings. The average Bonchev–Trinajstić information content (AvgIpc) is 2.73. The molecule has 0 unspecified atom stereocenters. The Labute approximate surface area is 186 Å². The minimum absolute atomic E-state index is 0.00984. The molecule has 2 N–H and O–H groups in total. The summed E-state index contributed by atoms with van der Waals surface area (Å²) in [6.07, 6.45) is 2.98. The molecule has 1 saturated heterocycles. The van der Waals surface area contributed by atoms with Gasteiger partial charge in [0.25, 0.3) is 5.91 Å². The monoisotopic (exact) mass is 442 g/mol. The first-order valence-corrected chi connectivity index (χ1v) is 10.3. The third-order valence-corrected chi connectivity index (χ3v) is 5.26. The minimum Gasteiger partial charge on any atom is -0.336 e. The molecule has 0 saturated carbocycles. The third-order valence-electron chi connectivity index (χ3n) is 4.71. The Bertz CT molecular complexity index is 971. The Morgan fingerprint density at radius 3 is 2.53 bits per heavy atom. The van der Waals surface area contributed by atoms with E-state index in [2.05, 4.69) is 15.5 Å². The van der Waals surface area contributed by atoms with Crippen molar-refractivity contribution in [3.8, 4) is 0 Å². The van der Waals surface area contributed by atoms with Crippen LogP contribution < -0.4 is 10.6 Å². The summed E-state index contributed by atoms with van der Waals surface area (Å²) in [4.78, 5) is 28.9. The number of anilines is 1. The third kappa shape index (κ3) is 6.13. The van der Waals surface area contributed by atoms with Gasteiger partial charge in [-0.05, 0) is 55.2 Å². The highest BCUT2D eigenvalue weighted by molar-refractivity contribution is 7.80. The summed E-state index contributed by atoms with van der Waals surface area (Å²) in [5.74, 6) is -0.388. The number of nitrogens with one attached hydrogen (secondary N) is 2. The number of carbonyl (C=O) groups excluding carboxylic acids is 2. The summed E-state index contributed by atoms with van der Waals surface area (Å²) in [5.41, 5.74) is 1.95. The van der Waals surface area contributed by atoms with E-state index >= 15 is 0 Å². The summed E-state index contributed by atoms with van der Waals surface area (Å²) in [6, 6.07) is 14.3. The van der Waals surface area contributed by atoms with Crippen molar-refractivity contribution in [3.63, 3.8) is 0 Å². The summed E-state index contributed by atoms with van der Waals surface area (Å²) in [5, 5.41) is 6.24. The smallest absolute Gasteiger partial charge is 0.254 e. The van der Waals surface area contributed by atoms with Crippen molar-refractivity contribution < 1.29 is 9.59 Å². The van der Waals surface area contributed by atoms with E-state index in [9.17, 15) is 9.59 Å². The van der Waals surface area contributed by atoms with Crippen LogP contribution in [0.2, 0.25) is 5.02 Å². The van der Waals surface area contributed by atoms with Crippen LogP contribution in [0.3, 0.4) is 0 Å². The number of halogens is 1. The summed E-state index contributed by atoms with van der Waals surface area (Å²) in [7, 11) is 2.05. The van der Waals surface area contributed by atoms with Crippen LogP contribution >= 0.6 is 23.8 Å². The van der Waals surface area contributed by atoms with Crippen LogP contribution in [-0.2, 0) is 4.79 Å². The predicted octanol–water partition coefficient (Wildman–Crippen LogP) is 3.25. The van der Waals surface area contributed by atoms with Gasteiger partial charge in [0.1, 0.15) is 0 Å². The van der Waals surface area contributed by atoms with E-state index in [0.29, 0.717) is 29.4 Å². The topological polar surface area (TPSA) is 64.7 Å². The summed E-state index contributed by atoms with van der Waals surface area (Å²) >= 11 is 11.3. The lowest BCUT2D eigenvalue weighted by molar-refractivity contribution is -0.115. The first kappa shape index (κ1) is 22.0. The van der Waals surface area contributed by atoms with Gasteiger partial charge in [-0.1, -0.05) is 35.9 Å². The van der Waals surface area contributed by atoms with Crippen molar-refractivity contribution in [1.29, 1.82) is 0 Å². The summed E-state index contributed by atoms with van der Waals surface area (Å²) in [6.45, 7) is 3.14. The maximum Gasteiger partial charge on any atom is 0.254 e. The average molecular weight is 443 g/mol. The molecular weight excluding hydrogens is 420 g/mol. The van der Waals surface area contributed by atoms with Gasteiger partial charge in [0, 0.05) is 48.5 Å². The zero-order valence-corrected chi connectivity index (χ0v) is 18.2. The fourth-order valence-corrected chi connectivity index (χ4v) is 3.43. The number of piperazine rings is 1. The number of amides is 2. The number of rotatable bonds is 4. The lowest BCUT2D eigenvalue weighted by Gasteiger charge is -2.32. The lowest BCUT2D eigenvalue weighted by atomic mass is 10.1. The minimum atomic E-state index is -0.378. The highest BCUT2D eigenvalue weighted by atomic mass is 35.5. The van der Waals surface area contributed by atoms with Crippen molar-refractivity contribution in [1.82, 2.24) is 15.1 Å². The molecule has 156 valence electrons. The van der Waals surface area contributed by atoms with Crippen molar-refractivity contribution >= 4 is 52.5 Å². The molecule has 1 heterocycles. The molecule has 1 aliphatic heterocycles. The molecule has 2 aromatic carbocycles. The fourth-order valence-electron chi connectivity index (χ4n) is 3.01. The quantitative estimate of drug-likeness (QED) is 0.562. The van der Waals surface area contributed by atoms with Gasteiger partial charge in [-0.15, -0.1) is 0 Å². The van der Waals surface area contributed by atoms with Crippen molar-refractivity contribution in [2.24, 2.45) is 0 Å². The standard InChI is InChI=1S/C22H23ClN4O2S/c1-26-11-13-27(14-12-26)21(29)17-6-4-7-18(15-17)24-22(30)25-20(28)10-9-16-5-2-3-8-19(16)23/h2-10,15H,11-14H2,1H3,(H2,24,25,28,30)/b10-9+. The second-order valence-electron chi connectivity index (χ2n) is 6.97. The molecule has 0 radical (unpaired) electrons. The molecule has 30 heavy (non-hydrogen) atoms. The molecule has 0 aliphatic carbocycles. The molecule has 0 atom stereocenters. The van der Waals surface area contributed by atoms with E-state index in [4.69, 9.17) is 23.8 Å². The van der Waals surface area contributed by atoms with Gasteiger partial charge in [0.2, 0.25) is 5.91 Å². The van der Waals surface area contributed by atoms with Crippen LogP contribution in [0, 0.1) is 0 Å². The first-order chi connectivity index (χ1) is 14.4. The molecule has 1 aliphatic rings. The highest BCUT2D eigenvalue weighted by Gasteiger charge is 2.20. The van der Waals surface area contributed by atoms with Crippen molar-refractivity contribution in [2.45, 2.75) is 0 Å². The van der Waals surface area contributed by atoms with Gasteiger partial charge in [-0.25, -0.2) is 0 Å². The molecule has 2 amide bonds. The Kier molecular flexibility index (Phi) is 7.57. The van der Waals surface area contributed by atoms with E-state index in [1.54, 1.807) is 36.4 Å². The van der Waals surface area contributed by atoms with Gasteiger partial charge in [0.05, 0.1) is 0 Å². The first-order valence-electron chi connectivity index (χ1n) is 9.55. The molecule has 0 aromatic heterocycles. The number of hydrogen-bond donors (Lipinski definition) is 2. The largest absolute Gasteiger partial charge is 0.336 e. The Hall–Kier alpha value is -2.74. The van der Waals surface area contributed by atoms with Crippen LogP contribution in [0.5, 0.6) is 0 Å². The number of hydrogen-bond acceptors (Lipinski definition) is 4. The second kappa shape index (κ2) is 10.3. The SMILES string of the molecule is CN1CCN(C(=O)c2cccc(NC(=S)NC(=O)/C=C/c3ccccc3Cl)c2)CC1. The zero-order valence-electron chi connectivity index (χ0n) is 16.6. The normalized spacial score (nSPS) is 14.5. The number of carbonyl (C=O) groups is 2. The van der Waals surface area contributed by atoms with Crippen LogP contribution in [0.15, 0.2) is 54.6 Å². The van der Waals surface area contributed by atoms with Crippen LogP contribution in [0.25, 0.3) is 6.08 Å². The van der Waals surface area contributed by atoms with Gasteiger partial charge in [-0.3, -0.25) is 14.9 Å². The second-order valence-corrected chi connectivity index (χ2v) is 7.79. The maximum atomic E-state index is 12.7. The van der Waals surface area contributed by atoms with Gasteiger partial charge >= 0.3 is 0 Å². The van der Waals surface area contributed by atoms with Crippen LogP contribution in [0.4, 0.5) is 5.69 Å². The van der Waals surface area contributed by atoms with Gasteiger partial charge < -0.3 is 15.1 Å². The van der Waals surface area contributed by atoms with Gasteiger partial charge in [0.15, 0.2) is 5.11 Å². The van der Waals surface area contributed by atoms with Crippen LogP contribution in [-0.4, -0.2) is 60.0 Å². The Morgan fingerprint density at radius 1 is 1.07 bits per heavy atom. The number of nitrogens with zero attached hydrogens (tertiary/aromatic N) is 2. The van der Waals surface area contributed by atoms with E-state index < -0.39 is 0 Å². The van der Waals surface area contributed by atoms with Crippen LogP contribution in [0.1, 0.15) is 15.9 Å². The number of benzene rings is 2. The maximum absolute atomic E-state index is 12.7. The molecule has 0 spiro atoms. The number of thiocarbonyl (C=S) groups is 1. The van der Waals surface area contributed by atoms with Gasteiger partial charge in [-0.2, -0.15) is 0 Å². The van der Waals surface area contributed by atoms with E-state index in [1.807, 2.05) is 30.1 Å². The van der Waals surface area contributed by atoms with E-state index in [0.717, 1.165) is 18.7 Å². The molecule has 0 bridgehead atoms. The fraction of sp³-hybridized carbons (Fsp3) is 0.227. The molecule has 1 fully saturated rings.